The summed E-state index contributed by atoms with van der Waals surface area (Å²) in [5, 5.41) is 0. The maximum Gasteiger partial charge on any atom is 0.123 e. The van der Waals surface area contributed by atoms with E-state index < -0.39 is 0 Å². The lowest BCUT2D eigenvalue weighted by Gasteiger charge is -2.33. The third kappa shape index (κ3) is 1.79. The highest BCUT2D eigenvalue weighted by atomic mass is 19.1. The molecule has 2 rings (SSSR count). The highest BCUT2D eigenvalue weighted by molar-refractivity contribution is 5.24. The zero-order valence-electron chi connectivity index (χ0n) is 8.00. The van der Waals surface area contributed by atoms with Crippen molar-refractivity contribution in [3.05, 3.63) is 35.6 Å². The Morgan fingerprint density at radius 1 is 1.14 bits per heavy atom. The van der Waals surface area contributed by atoms with E-state index in [4.69, 9.17) is 10.5 Å². The molecular formula is C11H14FNO. The van der Waals surface area contributed by atoms with Crippen LogP contribution in [0.15, 0.2) is 24.3 Å². The van der Waals surface area contributed by atoms with Crippen molar-refractivity contribution in [2.45, 2.75) is 18.4 Å². The van der Waals surface area contributed by atoms with Gasteiger partial charge in [-0.3, -0.25) is 0 Å². The van der Waals surface area contributed by atoms with Gasteiger partial charge in [-0.05, 0) is 30.5 Å². The second-order valence-electron chi connectivity index (χ2n) is 3.78. The number of halogens is 1. The summed E-state index contributed by atoms with van der Waals surface area (Å²) in [4.78, 5) is 0. The van der Waals surface area contributed by atoms with Crippen molar-refractivity contribution in [1.29, 1.82) is 0 Å². The largest absolute Gasteiger partial charge is 0.381 e. The van der Waals surface area contributed by atoms with Gasteiger partial charge in [0.15, 0.2) is 0 Å². The SMILES string of the molecule is NC1(c2ccc(F)cc2)CCOCC1. The summed E-state index contributed by atoms with van der Waals surface area (Å²) in [6.07, 6.45) is 1.61. The summed E-state index contributed by atoms with van der Waals surface area (Å²) in [5.74, 6) is -0.218. The summed E-state index contributed by atoms with van der Waals surface area (Å²) >= 11 is 0. The van der Waals surface area contributed by atoms with Crippen molar-refractivity contribution < 1.29 is 9.13 Å². The van der Waals surface area contributed by atoms with Crippen LogP contribution in [0.3, 0.4) is 0 Å². The minimum Gasteiger partial charge on any atom is -0.381 e. The van der Waals surface area contributed by atoms with Crippen LogP contribution in [0, 0.1) is 5.82 Å². The normalized spacial score (nSPS) is 20.7. The molecule has 3 heteroatoms. The van der Waals surface area contributed by atoms with Crippen LogP contribution in [0.2, 0.25) is 0 Å². The molecule has 2 nitrogen and oxygen atoms in total. The summed E-state index contributed by atoms with van der Waals surface area (Å²) in [6.45, 7) is 1.38. The molecule has 14 heavy (non-hydrogen) atoms. The van der Waals surface area contributed by atoms with E-state index >= 15 is 0 Å². The van der Waals surface area contributed by atoms with Crippen LogP contribution in [-0.2, 0) is 10.3 Å². The topological polar surface area (TPSA) is 35.2 Å². The first-order chi connectivity index (χ1) is 6.71. The standard InChI is InChI=1S/C11H14FNO/c12-10-3-1-9(2-4-10)11(13)5-7-14-8-6-11/h1-4H,5-8,13H2. The Bertz CT molecular complexity index is 304. The molecule has 76 valence electrons. The fourth-order valence-electron chi connectivity index (χ4n) is 1.81. The first kappa shape index (κ1) is 9.62. The molecule has 0 bridgehead atoms. The Morgan fingerprint density at radius 2 is 1.71 bits per heavy atom. The van der Waals surface area contributed by atoms with Crippen molar-refractivity contribution in [3.8, 4) is 0 Å². The van der Waals surface area contributed by atoms with E-state index in [0.717, 1.165) is 18.4 Å². The second-order valence-corrected chi connectivity index (χ2v) is 3.78. The van der Waals surface area contributed by atoms with E-state index in [1.54, 1.807) is 12.1 Å². The third-order valence-corrected chi connectivity index (χ3v) is 2.80. The van der Waals surface area contributed by atoms with E-state index in [1.165, 1.54) is 12.1 Å². The van der Waals surface area contributed by atoms with Crippen LogP contribution in [0.5, 0.6) is 0 Å². The minimum atomic E-state index is -0.327. The smallest absolute Gasteiger partial charge is 0.123 e. The molecule has 0 atom stereocenters. The zero-order chi connectivity index (χ0) is 10.0. The third-order valence-electron chi connectivity index (χ3n) is 2.80. The van der Waals surface area contributed by atoms with E-state index in [9.17, 15) is 4.39 Å². The predicted octanol–water partition coefficient (Wildman–Crippen LogP) is 1.79. The fraction of sp³-hybridized carbons (Fsp3) is 0.455. The number of rotatable bonds is 1. The quantitative estimate of drug-likeness (QED) is 0.741. The summed E-state index contributed by atoms with van der Waals surface area (Å²) < 4.78 is 18.0. The zero-order valence-corrected chi connectivity index (χ0v) is 8.00. The minimum absolute atomic E-state index is 0.218. The van der Waals surface area contributed by atoms with Gasteiger partial charge in [0.1, 0.15) is 5.82 Å². The summed E-state index contributed by atoms with van der Waals surface area (Å²) in [6, 6.07) is 6.44. The molecule has 1 saturated heterocycles. The average molecular weight is 195 g/mol. The molecule has 0 radical (unpaired) electrons. The van der Waals surface area contributed by atoms with Crippen molar-refractivity contribution in [1.82, 2.24) is 0 Å². The molecule has 1 aliphatic heterocycles. The number of hydrogen-bond donors (Lipinski definition) is 1. The predicted molar refractivity (Wildman–Crippen MR) is 52.3 cm³/mol. The van der Waals surface area contributed by atoms with E-state index in [-0.39, 0.29) is 11.4 Å². The van der Waals surface area contributed by atoms with Crippen LogP contribution < -0.4 is 5.73 Å². The van der Waals surface area contributed by atoms with Crippen molar-refractivity contribution >= 4 is 0 Å². The van der Waals surface area contributed by atoms with Crippen LogP contribution in [0.25, 0.3) is 0 Å². The Balaban J connectivity index is 2.23. The molecule has 1 fully saturated rings. The number of benzene rings is 1. The molecule has 0 unspecified atom stereocenters. The van der Waals surface area contributed by atoms with Gasteiger partial charge in [-0.2, -0.15) is 0 Å². The van der Waals surface area contributed by atoms with Crippen LogP contribution in [-0.4, -0.2) is 13.2 Å². The molecule has 1 aromatic carbocycles. The van der Waals surface area contributed by atoms with Gasteiger partial charge < -0.3 is 10.5 Å². The monoisotopic (exact) mass is 195 g/mol. The lowest BCUT2D eigenvalue weighted by atomic mass is 9.84. The Kier molecular flexibility index (Phi) is 2.52. The first-order valence-corrected chi connectivity index (χ1v) is 4.83. The van der Waals surface area contributed by atoms with Gasteiger partial charge >= 0.3 is 0 Å². The van der Waals surface area contributed by atoms with E-state index in [0.29, 0.717) is 13.2 Å². The van der Waals surface area contributed by atoms with Crippen molar-refractivity contribution in [3.63, 3.8) is 0 Å². The van der Waals surface area contributed by atoms with Gasteiger partial charge in [-0.15, -0.1) is 0 Å². The molecule has 2 N–H and O–H groups in total. The Hall–Kier alpha value is -0.930. The maximum atomic E-state index is 12.7. The number of hydrogen-bond acceptors (Lipinski definition) is 2. The molecule has 1 aromatic rings. The number of ether oxygens (including phenoxy) is 1. The molecule has 1 aliphatic rings. The average Bonchev–Trinajstić information content (AvgIpc) is 2.19. The lowest BCUT2D eigenvalue weighted by Crippen LogP contribution is -2.42. The Labute approximate surface area is 82.9 Å². The molecule has 0 saturated carbocycles. The molecule has 0 aliphatic carbocycles. The van der Waals surface area contributed by atoms with E-state index in [1.807, 2.05) is 0 Å². The van der Waals surface area contributed by atoms with Crippen molar-refractivity contribution in [2.75, 3.05) is 13.2 Å². The van der Waals surface area contributed by atoms with Gasteiger partial charge in [0.05, 0.1) is 0 Å². The van der Waals surface area contributed by atoms with Gasteiger partial charge in [-0.25, -0.2) is 4.39 Å². The summed E-state index contributed by atoms with van der Waals surface area (Å²) in [7, 11) is 0. The van der Waals surface area contributed by atoms with Gasteiger partial charge in [-0.1, -0.05) is 12.1 Å². The van der Waals surface area contributed by atoms with Crippen LogP contribution in [0.1, 0.15) is 18.4 Å². The van der Waals surface area contributed by atoms with E-state index in [2.05, 4.69) is 0 Å². The second kappa shape index (κ2) is 3.67. The van der Waals surface area contributed by atoms with Crippen LogP contribution >= 0.6 is 0 Å². The Morgan fingerprint density at radius 3 is 2.29 bits per heavy atom. The molecule has 0 aromatic heterocycles. The molecule has 0 spiro atoms. The highest BCUT2D eigenvalue weighted by Crippen LogP contribution is 2.29. The van der Waals surface area contributed by atoms with Crippen molar-refractivity contribution in [2.24, 2.45) is 5.73 Å². The molecule has 0 amide bonds. The van der Waals surface area contributed by atoms with Gasteiger partial charge in [0.25, 0.3) is 0 Å². The number of nitrogens with two attached hydrogens (primary N) is 1. The molecule has 1 heterocycles. The van der Waals surface area contributed by atoms with Gasteiger partial charge in [0.2, 0.25) is 0 Å². The molecular weight excluding hydrogens is 181 g/mol. The summed E-state index contributed by atoms with van der Waals surface area (Å²) in [5.41, 5.74) is 6.90. The first-order valence-electron chi connectivity index (χ1n) is 4.83. The fourth-order valence-corrected chi connectivity index (χ4v) is 1.81. The highest BCUT2D eigenvalue weighted by Gasteiger charge is 2.29. The van der Waals surface area contributed by atoms with Gasteiger partial charge in [0, 0.05) is 18.8 Å². The lowest BCUT2D eigenvalue weighted by molar-refractivity contribution is 0.0522. The maximum absolute atomic E-state index is 12.7. The van der Waals surface area contributed by atoms with Crippen LogP contribution in [0.4, 0.5) is 4.39 Å².